The van der Waals surface area contributed by atoms with Crippen molar-refractivity contribution in [2.75, 3.05) is 0 Å². The Labute approximate surface area is 93.9 Å². The third kappa shape index (κ3) is 1.80. The minimum Gasteiger partial charge on any atom is -0.341 e. The highest BCUT2D eigenvalue weighted by Gasteiger charge is 2.17. The summed E-state index contributed by atoms with van der Waals surface area (Å²) >= 11 is 0. The van der Waals surface area contributed by atoms with Gasteiger partial charge in [0.25, 0.3) is 0 Å². The number of benzene rings is 1. The Morgan fingerprint density at radius 1 is 1.50 bits per heavy atom. The van der Waals surface area contributed by atoms with E-state index in [1.54, 1.807) is 12.1 Å². The molecule has 0 aliphatic rings. The van der Waals surface area contributed by atoms with Crippen molar-refractivity contribution < 1.29 is 4.39 Å². The van der Waals surface area contributed by atoms with Crippen molar-refractivity contribution in [3.05, 3.63) is 29.8 Å². The number of nitrogens with two attached hydrogens (primary N) is 1. The first-order valence-corrected chi connectivity index (χ1v) is 5.53. The average Bonchev–Trinajstić information content (AvgIpc) is 2.72. The van der Waals surface area contributed by atoms with Crippen molar-refractivity contribution in [2.24, 2.45) is 11.7 Å². The van der Waals surface area contributed by atoms with Crippen LogP contribution < -0.4 is 5.73 Å². The van der Waals surface area contributed by atoms with Crippen molar-refractivity contribution >= 4 is 11.0 Å². The molecule has 0 aliphatic heterocycles. The summed E-state index contributed by atoms with van der Waals surface area (Å²) in [6.45, 7) is 4.14. The van der Waals surface area contributed by atoms with E-state index in [1.807, 2.05) is 0 Å². The predicted octanol–water partition coefficient (Wildman–Crippen LogP) is 2.75. The molecule has 0 amide bonds. The van der Waals surface area contributed by atoms with E-state index in [0.717, 1.165) is 6.42 Å². The van der Waals surface area contributed by atoms with Gasteiger partial charge in [0.1, 0.15) is 11.3 Å². The molecule has 2 unspecified atom stereocenters. The molecular formula is C12H16FN3. The fraction of sp³-hybridized carbons (Fsp3) is 0.417. The standard InChI is InChI=1S/C12H16FN3/c1-3-7(2)10(14)12-15-9-6-4-5-8(13)11(9)16-12/h4-7,10H,3,14H2,1-2H3,(H,15,16). The van der Waals surface area contributed by atoms with E-state index in [0.29, 0.717) is 22.8 Å². The molecule has 3 N–H and O–H groups in total. The van der Waals surface area contributed by atoms with Crippen molar-refractivity contribution in [3.63, 3.8) is 0 Å². The Bertz CT molecular complexity index is 492. The fourth-order valence-electron chi connectivity index (χ4n) is 1.70. The minimum atomic E-state index is -0.309. The molecule has 0 fully saturated rings. The third-order valence-corrected chi connectivity index (χ3v) is 3.05. The van der Waals surface area contributed by atoms with Crippen LogP contribution in [0.4, 0.5) is 4.39 Å². The summed E-state index contributed by atoms with van der Waals surface area (Å²) < 4.78 is 13.4. The van der Waals surface area contributed by atoms with Crippen LogP contribution in [-0.2, 0) is 0 Å². The second-order valence-electron chi connectivity index (χ2n) is 4.17. The number of hydrogen-bond acceptors (Lipinski definition) is 2. The maximum absolute atomic E-state index is 13.4. The molecule has 2 aromatic rings. The van der Waals surface area contributed by atoms with E-state index in [1.165, 1.54) is 6.07 Å². The van der Waals surface area contributed by atoms with Crippen LogP contribution >= 0.6 is 0 Å². The van der Waals surface area contributed by atoms with E-state index in [4.69, 9.17) is 5.73 Å². The fourth-order valence-corrected chi connectivity index (χ4v) is 1.70. The number of hydrogen-bond donors (Lipinski definition) is 2. The van der Waals surface area contributed by atoms with Crippen LogP contribution in [0.15, 0.2) is 18.2 Å². The zero-order chi connectivity index (χ0) is 11.7. The normalized spacial score (nSPS) is 15.2. The number of aromatic amines is 1. The number of halogens is 1. The first-order valence-electron chi connectivity index (χ1n) is 5.53. The van der Waals surface area contributed by atoms with Crippen LogP contribution in [0, 0.1) is 11.7 Å². The van der Waals surface area contributed by atoms with Crippen LogP contribution in [0.1, 0.15) is 32.1 Å². The molecule has 3 nitrogen and oxygen atoms in total. The van der Waals surface area contributed by atoms with E-state index in [9.17, 15) is 4.39 Å². The lowest BCUT2D eigenvalue weighted by atomic mass is 10.00. The Morgan fingerprint density at radius 2 is 2.25 bits per heavy atom. The molecule has 0 saturated carbocycles. The number of rotatable bonds is 3. The topological polar surface area (TPSA) is 54.7 Å². The van der Waals surface area contributed by atoms with Crippen LogP contribution in [-0.4, -0.2) is 9.97 Å². The van der Waals surface area contributed by atoms with Gasteiger partial charge in [0.2, 0.25) is 0 Å². The molecule has 16 heavy (non-hydrogen) atoms. The lowest BCUT2D eigenvalue weighted by molar-refractivity contribution is 0.442. The van der Waals surface area contributed by atoms with Gasteiger partial charge in [-0.15, -0.1) is 0 Å². The first-order chi connectivity index (χ1) is 7.63. The number of nitrogens with zero attached hydrogens (tertiary/aromatic N) is 1. The molecule has 0 radical (unpaired) electrons. The molecule has 1 heterocycles. The highest BCUT2D eigenvalue weighted by Crippen LogP contribution is 2.23. The van der Waals surface area contributed by atoms with Gasteiger partial charge in [0.15, 0.2) is 5.82 Å². The largest absolute Gasteiger partial charge is 0.341 e. The molecule has 0 saturated heterocycles. The summed E-state index contributed by atoms with van der Waals surface area (Å²) in [5.41, 5.74) is 7.12. The summed E-state index contributed by atoms with van der Waals surface area (Å²) in [4.78, 5) is 7.30. The van der Waals surface area contributed by atoms with Gasteiger partial charge < -0.3 is 10.7 Å². The second kappa shape index (κ2) is 4.22. The Morgan fingerprint density at radius 3 is 2.88 bits per heavy atom. The van der Waals surface area contributed by atoms with Gasteiger partial charge in [-0.05, 0) is 18.1 Å². The number of aromatic nitrogens is 2. The van der Waals surface area contributed by atoms with Crippen LogP contribution in [0.25, 0.3) is 11.0 Å². The molecule has 0 aliphatic carbocycles. The molecule has 4 heteroatoms. The predicted molar refractivity (Wildman–Crippen MR) is 62.4 cm³/mol. The zero-order valence-corrected chi connectivity index (χ0v) is 9.50. The number of fused-ring (bicyclic) bond motifs is 1. The minimum absolute atomic E-state index is 0.170. The molecule has 86 valence electrons. The summed E-state index contributed by atoms with van der Waals surface area (Å²) in [6, 6.07) is 4.70. The molecule has 0 bridgehead atoms. The molecule has 1 aromatic carbocycles. The van der Waals surface area contributed by atoms with Crippen molar-refractivity contribution in [1.29, 1.82) is 0 Å². The van der Waals surface area contributed by atoms with E-state index < -0.39 is 0 Å². The molecule has 2 atom stereocenters. The summed E-state index contributed by atoms with van der Waals surface area (Å²) in [5.74, 6) is 0.675. The molecular weight excluding hydrogens is 205 g/mol. The van der Waals surface area contributed by atoms with Gasteiger partial charge in [-0.25, -0.2) is 9.37 Å². The second-order valence-corrected chi connectivity index (χ2v) is 4.17. The third-order valence-electron chi connectivity index (χ3n) is 3.05. The van der Waals surface area contributed by atoms with Gasteiger partial charge in [-0.2, -0.15) is 0 Å². The smallest absolute Gasteiger partial charge is 0.151 e. The van der Waals surface area contributed by atoms with Crippen molar-refractivity contribution in [3.8, 4) is 0 Å². The lowest BCUT2D eigenvalue weighted by Crippen LogP contribution is -2.19. The van der Waals surface area contributed by atoms with E-state index in [-0.39, 0.29) is 11.9 Å². The number of para-hydroxylation sites is 1. The SMILES string of the molecule is CCC(C)C(N)c1nc2c(F)cccc2[nH]1. The Hall–Kier alpha value is -1.42. The lowest BCUT2D eigenvalue weighted by Gasteiger charge is -2.15. The Balaban J connectivity index is 2.43. The monoisotopic (exact) mass is 221 g/mol. The van der Waals surface area contributed by atoms with Crippen LogP contribution in [0.5, 0.6) is 0 Å². The maximum atomic E-state index is 13.4. The molecule has 0 spiro atoms. The quantitative estimate of drug-likeness (QED) is 0.837. The number of H-pyrrole nitrogens is 1. The number of nitrogens with one attached hydrogen (secondary N) is 1. The Kier molecular flexibility index (Phi) is 2.92. The first kappa shape index (κ1) is 11.1. The zero-order valence-electron chi connectivity index (χ0n) is 9.50. The van der Waals surface area contributed by atoms with Gasteiger partial charge in [-0.3, -0.25) is 0 Å². The summed E-state index contributed by atoms with van der Waals surface area (Å²) in [5, 5.41) is 0. The summed E-state index contributed by atoms with van der Waals surface area (Å²) in [6.07, 6.45) is 0.973. The highest BCUT2D eigenvalue weighted by molar-refractivity contribution is 5.75. The molecule has 2 rings (SSSR count). The van der Waals surface area contributed by atoms with E-state index in [2.05, 4.69) is 23.8 Å². The van der Waals surface area contributed by atoms with Crippen LogP contribution in [0.2, 0.25) is 0 Å². The van der Waals surface area contributed by atoms with E-state index >= 15 is 0 Å². The highest BCUT2D eigenvalue weighted by atomic mass is 19.1. The van der Waals surface area contributed by atoms with Crippen LogP contribution in [0.3, 0.4) is 0 Å². The van der Waals surface area contributed by atoms with Gasteiger partial charge in [0.05, 0.1) is 11.6 Å². The summed E-state index contributed by atoms with van der Waals surface area (Å²) in [7, 11) is 0. The van der Waals surface area contributed by atoms with Crippen molar-refractivity contribution in [2.45, 2.75) is 26.3 Å². The average molecular weight is 221 g/mol. The van der Waals surface area contributed by atoms with Gasteiger partial charge in [-0.1, -0.05) is 26.3 Å². The number of imidazole rings is 1. The maximum Gasteiger partial charge on any atom is 0.151 e. The molecule has 1 aromatic heterocycles. The van der Waals surface area contributed by atoms with Crippen molar-refractivity contribution in [1.82, 2.24) is 9.97 Å². The van der Waals surface area contributed by atoms with Gasteiger partial charge in [0, 0.05) is 0 Å². The van der Waals surface area contributed by atoms with Gasteiger partial charge >= 0.3 is 0 Å².